The number of carbonyl (C=O) groups is 4. The molecule has 1 aliphatic carbocycles. The van der Waals surface area contributed by atoms with Crippen molar-refractivity contribution in [2.75, 3.05) is 33.2 Å². The maximum absolute atomic E-state index is 15.8. The fourth-order valence-electron chi connectivity index (χ4n) is 6.45. The number of rotatable bonds is 12. The number of nitrogens with one attached hydrogen (secondary N) is 2. The second-order valence-electron chi connectivity index (χ2n) is 12.9. The van der Waals surface area contributed by atoms with E-state index < -0.39 is 35.6 Å². The summed E-state index contributed by atoms with van der Waals surface area (Å²) in [4.78, 5) is 57.9. The first-order valence-electron chi connectivity index (χ1n) is 16.5. The fraction of sp³-hybridized carbons (Fsp3) is 0.594. The molecular formula is C32H43FN10O4S. The van der Waals surface area contributed by atoms with E-state index in [0.29, 0.717) is 44.2 Å². The Hall–Kier alpha value is -4.18. The quantitative estimate of drug-likeness (QED) is 0.289. The lowest BCUT2D eigenvalue weighted by Gasteiger charge is -2.36. The molecule has 0 bridgehead atoms. The first-order chi connectivity index (χ1) is 23.0. The number of nitrogens with zero attached hydrogens (tertiary/aromatic N) is 8. The topological polar surface area (TPSA) is 168 Å². The van der Waals surface area contributed by atoms with Gasteiger partial charge in [-0.2, -0.15) is 0 Å². The molecule has 1 saturated carbocycles. The van der Waals surface area contributed by atoms with E-state index in [1.807, 2.05) is 14.0 Å². The highest BCUT2D eigenvalue weighted by Gasteiger charge is 2.36. The molecule has 5 rings (SSSR count). The molecule has 0 spiro atoms. The molecule has 16 heteroatoms. The second kappa shape index (κ2) is 15.8. The van der Waals surface area contributed by atoms with Crippen LogP contribution in [0.3, 0.4) is 0 Å². The Labute approximate surface area is 283 Å². The van der Waals surface area contributed by atoms with Crippen LogP contribution in [0.2, 0.25) is 0 Å². The van der Waals surface area contributed by atoms with E-state index in [2.05, 4.69) is 47.6 Å². The molecule has 3 amide bonds. The Morgan fingerprint density at radius 1 is 1.04 bits per heavy atom. The number of hydrogen-bond donors (Lipinski definition) is 2. The second-order valence-corrected chi connectivity index (χ2v) is 13.7. The lowest BCUT2D eigenvalue weighted by Crippen LogP contribution is -2.55. The zero-order chi connectivity index (χ0) is 34.4. The van der Waals surface area contributed by atoms with Gasteiger partial charge >= 0.3 is 0 Å². The number of carbonyl (C=O) groups excluding carboxylic acids is 4. The minimum absolute atomic E-state index is 0.0170. The van der Waals surface area contributed by atoms with Crippen LogP contribution < -0.4 is 10.6 Å². The highest BCUT2D eigenvalue weighted by Crippen LogP contribution is 2.32. The predicted molar refractivity (Wildman–Crippen MR) is 175 cm³/mol. The number of ketones is 1. The maximum Gasteiger partial charge on any atom is 0.291 e. The zero-order valence-corrected chi connectivity index (χ0v) is 28.6. The van der Waals surface area contributed by atoms with E-state index in [0.717, 1.165) is 37.2 Å². The summed E-state index contributed by atoms with van der Waals surface area (Å²) in [5.41, 5.74) is 0.677. The van der Waals surface area contributed by atoms with Gasteiger partial charge in [0.1, 0.15) is 16.7 Å². The van der Waals surface area contributed by atoms with Crippen LogP contribution in [0.5, 0.6) is 0 Å². The van der Waals surface area contributed by atoms with Gasteiger partial charge in [-0.25, -0.2) is 9.07 Å². The average molecular weight is 683 g/mol. The Balaban J connectivity index is 1.34. The molecule has 3 atom stereocenters. The monoisotopic (exact) mass is 682 g/mol. The van der Waals surface area contributed by atoms with Crippen molar-refractivity contribution in [3.63, 3.8) is 0 Å². The molecule has 2 aromatic heterocycles. The van der Waals surface area contributed by atoms with Crippen molar-refractivity contribution in [1.29, 1.82) is 0 Å². The number of benzene rings is 1. The van der Waals surface area contributed by atoms with Gasteiger partial charge in [0.15, 0.2) is 5.78 Å². The number of tetrazole rings is 1. The standard InChI is InChI=1S/C32H43FN10O4S/c1-5-43-29(37-38-39-43)31(46)36-28(21-8-6-19(2)7-9-21)25(44)17-23-11-10-22(16-24(23)33)20(3)27(35-30(45)26-18-34-40-48-26)32(47)42-14-12-41(4)13-15-42/h10-11,16,18-21,27-28H,5-9,12-15,17H2,1-4H3,(H,35,45)(H,36,46)/t19?,20-,21?,27+,28-/m0/s1. The Kier molecular flexibility index (Phi) is 11.6. The molecule has 3 heterocycles. The molecule has 0 radical (unpaired) electrons. The number of likely N-dealkylation sites (N-methyl/N-ethyl adjacent to an activating group) is 1. The fourth-order valence-corrected chi connectivity index (χ4v) is 6.87. The highest BCUT2D eigenvalue weighted by atomic mass is 32.1. The smallest absolute Gasteiger partial charge is 0.291 e. The van der Waals surface area contributed by atoms with Crippen LogP contribution in [0.4, 0.5) is 4.39 Å². The van der Waals surface area contributed by atoms with Crippen LogP contribution in [0.15, 0.2) is 24.4 Å². The molecule has 2 aliphatic rings. The third-order valence-electron chi connectivity index (χ3n) is 9.62. The lowest BCUT2D eigenvalue weighted by molar-refractivity contribution is -0.135. The predicted octanol–water partition coefficient (Wildman–Crippen LogP) is 2.10. The van der Waals surface area contributed by atoms with Gasteiger partial charge in [0.2, 0.25) is 11.7 Å². The summed E-state index contributed by atoms with van der Waals surface area (Å²) in [6.45, 7) is 8.56. The molecule has 48 heavy (non-hydrogen) atoms. The number of aromatic nitrogens is 6. The number of piperazine rings is 1. The third kappa shape index (κ3) is 8.27. The summed E-state index contributed by atoms with van der Waals surface area (Å²) in [7, 11) is 1.98. The summed E-state index contributed by atoms with van der Waals surface area (Å²) < 4.78 is 20.9. The molecule has 1 aliphatic heterocycles. The first kappa shape index (κ1) is 35.1. The molecule has 3 aromatic rings. The van der Waals surface area contributed by atoms with Crippen LogP contribution in [0.25, 0.3) is 0 Å². The van der Waals surface area contributed by atoms with Gasteiger partial charge in [0.25, 0.3) is 11.8 Å². The third-order valence-corrected chi connectivity index (χ3v) is 10.3. The summed E-state index contributed by atoms with van der Waals surface area (Å²) in [5, 5.41) is 20.7. The number of amides is 3. The minimum Gasteiger partial charge on any atom is -0.339 e. The van der Waals surface area contributed by atoms with Gasteiger partial charge in [-0.3, -0.25) is 19.2 Å². The van der Waals surface area contributed by atoms with Gasteiger partial charge < -0.3 is 20.4 Å². The molecule has 1 aromatic carbocycles. The van der Waals surface area contributed by atoms with Gasteiger partial charge in [0, 0.05) is 45.1 Å². The Morgan fingerprint density at radius 2 is 1.77 bits per heavy atom. The average Bonchev–Trinajstić information content (AvgIpc) is 3.80. The van der Waals surface area contributed by atoms with Gasteiger partial charge in [-0.15, -0.1) is 10.2 Å². The van der Waals surface area contributed by atoms with Crippen molar-refractivity contribution in [1.82, 2.24) is 50.2 Å². The van der Waals surface area contributed by atoms with Crippen molar-refractivity contribution < 1.29 is 23.6 Å². The largest absolute Gasteiger partial charge is 0.339 e. The molecule has 2 fully saturated rings. The summed E-state index contributed by atoms with van der Waals surface area (Å²) in [5.74, 6) is -2.32. The van der Waals surface area contributed by atoms with E-state index in [1.54, 1.807) is 24.0 Å². The minimum atomic E-state index is -0.970. The van der Waals surface area contributed by atoms with Gasteiger partial charge in [0.05, 0.1) is 12.2 Å². The van der Waals surface area contributed by atoms with Crippen molar-refractivity contribution in [3.05, 3.63) is 52.0 Å². The first-order valence-corrected chi connectivity index (χ1v) is 17.3. The van der Waals surface area contributed by atoms with E-state index in [-0.39, 0.29) is 40.3 Å². The molecular weight excluding hydrogens is 639 g/mol. The number of aryl methyl sites for hydroxylation is 1. The lowest BCUT2D eigenvalue weighted by atomic mass is 9.77. The van der Waals surface area contributed by atoms with E-state index in [4.69, 9.17) is 0 Å². The number of hydrogen-bond acceptors (Lipinski definition) is 11. The van der Waals surface area contributed by atoms with Crippen LogP contribution in [-0.4, -0.2) is 108 Å². The molecule has 0 unspecified atom stereocenters. The van der Waals surface area contributed by atoms with Crippen LogP contribution in [0.1, 0.15) is 83.8 Å². The molecule has 2 N–H and O–H groups in total. The van der Waals surface area contributed by atoms with Gasteiger partial charge in [-0.05, 0) is 77.8 Å². The van der Waals surface area contributed by atoms with Crippen molar-refractivity contribution in [2.24, 2.45) is 11.8 Å². The van der Waals surface area contributed by atoms with Gasteiger partial charge in [-0.1, -0.05) is 43.3 Å². The Morgan fingerprint density at radius 3 is 2.42 bits per heavy atom. The number of Topliss-reactive ketones (excluding diaryl/α,β-unsaturated/α-hetero) is 1. The SMILES string of the molecule is CCn1nnnc1C(=O)N[C@H](C(=O)Cc1ccc([C@H](C)[C@@H](NC(=O)c2cnns2)C(=O)N2CCN(C)CC2)cc1F)C1CCC(C)CC1. The van der Waals surface area contributed by atoms with Crippen molar-refractivity contribution in [2.45, 2.75) is 77.4 Å². The van der Waals surface area contributed by atoms with E-state index >= 15 is 4.39 Å². The summed E-state index contributed by atoms with van der Waals surface area (Å²) in [6, 6.07) is 2.76. The summed E-state index contributed by atoms with van der Waals surface area (Å²) in [6.07, 6.45) is 4.50. The van der Waals surface area contributed by atoms with E-state index in [1.165, 1.54) is 16.9 Å². The van der Waals surface area contributed by atoms with Crippen LogP contribution in [-0.2, 0) is 22.6 Å². The molecule has 14 nitrogen and oxygen atoms in total. The maximum atomic E-state index is 15.8. The van der Waals surface area contributed by atoms with Crippen LogP contribution >= 0.6 is 11.5 Å². The van der Waals surface area contributed by atoms with E-state index in [9.17, 15) is 19.2 Å². The van der Waals surface area contributed by atoms with Crippen molar-refractivity contribution in [3.8, 4) is 0 Å². The molecule has 258 valence electrons. The summed E-state index contributed by atoms with van der Waals surface area (Å²) >= 11 is 0.921. The molecule has 1 saturated heterocycles. The normalized spacial score (nSPS) is 20.5. The van der Waals surface area contributed by atoms with Crippen molar-refractivity contribution >= 4 is 35.0 Å². The Bertz CT molecular complexity index is 1580. The zero-order valence-electron chi connectivity index (χ0n) is 27.8. The number of halogens is 1. The van der Waals surface area contributed by atoms with Crippen LogP contribution in [0, 0.1) is 17.7 Å². The highest BCUT2D eigenvalue weighted by molar-refractivity contribution is 7.07.